The second kappa shape index (κ2) is 10.8. The lowest BCUT2D eigenvalue weighted by Gasteiger charge is -2.29. The molecule has 0 aliphatic carbocycles. The average Bonchev–Trinajstić information content (AvgIpc) is 3.37. The highest BCUT2D eigenvalue weighted by Crippen LogP contribution is 2.18. The second-order valence-electron chi connectivity index (χ2n) is 7.70. The van der Waals surface area contributed by atoms with Crippen LogP contribution < -0.4 is 5.32 Å². The van der Waals surface area contributed by atoms with Crippen LogP contribution in [0.4, 0.5) is 0 Å². The maximum absolute atomic E-state index is 12.0. The van der Waals surface area contributed by atoms with Gasteiger partial charge in [-0.3, -0.25) is 9.69 Å². The number of carbonyl (C=O) groups excluding carboxylic acids is 1. The Bertz CT molecular complexity index is 629. The van der Waals surface area contributed by atoms with E-state index < -0.39 is 0 Å². The summed E-state index contributed by atoms with van der Waals surface area (Å²) in [4.78, 5) is 24.4. The lowest BCUT2D eigenvalue weighted by molar-refractivity contribution is -0.127. The van der Waals surface area contributed by atoms with Gasteiger partial charge < -0.3 is 19.9 Å². The number of hydrogen-bond donors (Lipinski definition) is 1. The predicted molar refractivity (Wildman–Crippen MR) is 114 cm³/mol. The fraction of sp³-hybridized carbons (Fsp3) is 0.700. The first-order chi connectivity index (χ1) is 13.6. The second-order valence-corrected chi connectivity index (χ2v) is 8.73. The number of hydrogen-bond acceptors (Lipinski definition) is 5. The molecule has 8 heteroatoms. The number of thiophene rings is 1. The quantitative estimate of drug-likeness (QED) is 0.539. The summed E-state index contributed by atoms with van der Waals surface area (Å²) in [6.07, 6.45) is 2.15. The van der Waals surface area contributed by atoms with E-state index in [4.69, 9.17) is 4.74 Å². The van der Waals surface area contributed by atoms with E-state index in [2.05, 4.69) is 37.6 Å². The number of nitrogens with zero attached hydrogens (tertiary/aromatic N) is 4. The number of ether oxygens (including phenoxy) is 1. The van der Waals surface area contributed by atoms with E-state index in [0.29, 0.717) is 5.92 Å². The number of carbonyl (C=O) groups is 1. The minimum atomic E-state index is 0.0293. The van der Waals surface area contributed by atoms with E-state index in [-0.39, 0.29) is 12.5 Å². The number of likely N-dealkylation sites (tertiary alicyclic amines) is 1. The zero-order chi connectivity index (χ0) is 19.8. The number of nitrogens with one attached hydrogen (secondary N) is 1. The molecule has 0 radical (unpaired) electrons. The molecule has 0 aromatic carbocycles. The summed E-state index contributed by atoms with van der Waals surface area (Å²) in [6.45, 7) is 7.91. The summed E-state index contributed by atoms with van der Waals surface area (Å²) in [5.41, 5.74) is 0. The van der Waals surface area contributed by atoms with Crippen LogP contribution in [0.1, 0.15) is 11.3 Å². The highest BCUT2D eigenvalue weighted by molar-refractivity contribution is 7.09. The van der Waals surface area contributed by atoms with E-state index in [1.54, 1.807) is 30.3 Å². The van der Waals surface area contributed by atoms with Crippen molar-refractivity contribution in [3.05, 3.63) is 22.4 Å². The lowest BCUT2D eigenvalue weighted by atomic mass is 10.1. The van der Waals surface area contributed by atoms with Crippen molar-refractivity contribution in [1.29, 1.82) is 0 Å². The summed E-state index contributed by atoms with van der Waals surface area (Å²) in [7, 11) is 3.55. The van der Waals surface area contributed by atoms with Crippen molar-refractivity contribution in [3.63, 3.8) is 0 Å². The van der Waals surface area contributed by atoms with Crippen molar-refractivity contribution in [3.8, 4) is 0 Å². The summed E-state index contributed by atoms with van der Waals surface area (Å²) in [6, 6.07) is 4.24. The summed E-state index contributed by atoms with van der Waals surface area (Å²) in [5, 5.41) is 5.60. The summed E-state index contributed by atoms with van der Waals surface area (Å²) < 4.78 is 5.46. The SMILES string of the molecule is CN(C)C(=O)CN=C(NCCc1cccs1)N1CCC(CN2CCOCC2)C1. The third-order valence-electron chi connectivity index (χ3n) is 5.30. The molecule has 0 bridgehead atoms. The molecule has 0 saturated carbocycles. The minimum Gasteiger partial charge on any atom is -0.379 e. The molecule has 1 amide bonds. The minimum absolute atomic E-state index is 0.0293. The van der Waals surface area contributed by atoms with Crippen LogP contribution in [-0.2, 0) is 16.0 Å². The maximum atomic E-state index is 12.0. The molecule has 1 aromatic heterocycles. The molecule has 2 saturated heterocycles. The van der Waals surface area contributed by atoms with Crippen molar-refractivity contribution in [1.82, 2.24) is 20.0 Å². The van der Waals surface area contributed by atoms with Gasteiger partial charge in [0.1, 0.15) is 6.54 Å². The molecular weight excluding hydrogens is 374 g/mol. The van der Waals surface area contributed by atoms with Crippen LogP contribution in [0.15, 0.2) is 22.5 Å². The van der Waals surface area contributed by atoms with E-state index in [9.17, 15) is 4.79 Å². The standard InChI is InChI=1S/C20H33N5O2S/c1-23(2)19(26)14-22-20(21-7-5-18-4-3-13-28-18)25-8-6-17(16-25)15-24-9-11-27-12-10-24/h3-4,13,17H,5-12,14-16H2,1-2H3,(H,21,22). The molecule has 2 aliphatic heterocycles. The molecule has 28 heavy (non-hydrogen) atoms. The smallest absolute Gasteiger partial charge is 0.243 e. The van der Waals surface area contributed by atoms with Gasteiger partial charge in [0.25, 0.3) is 0 Å². The molecule has 0 spiro atoms. The van der Waals surface area contributed by atoms with Crippen LogP contribution >= 0.6 is 11.3 Å². The fourth-order valence-corrected chi connectivity index (χ4v) is 4.34. The van der Waals surface area contributed by atoms with E-state index in [1.807, 2.05) is 0 Å². The van der Waals surface area contributed by atoms with Crippen molar-refractivity contribution >= 4 is 23.2 Å². The van der Waals surface area contributed by atoms with Crippen LogP contribution in [0, 0.1) is 5.92 Å². The van der Waals surface area contributed by atoms with Crippen molar-refractivity contribution < 1.29 is 9.53 Å². The molecular formula is C20H33N5O2S. The maximum Gasteiger partial charge on any atom is 0.243 e. The van der Waals surface area contributed by atoms with Crippen LogP contribution in [0.5, 0.6) is 0 Å². The highest BCUT2D eigenvalue weighted by atomic mass is 32.1. The van der Waals surface area contributed by atoms with E-state index in [0.717, 1.165) is 64.9 Å². The van der Waals surface area contributed by atoms with Gasteiger partial charge in [-0.25, -0.2) is 4.99 Å². The molecule has 2 aliphatic rings. The fourth-order valence-electron chi connectivity index (χ4n) is 3.63. The third-order valence-corrected chi connectivity index (χ3v) is 6.24. The van der Waals surface area contributed by atoms with Crippen LogP contribution in [0.3, 0.4) is 0 Å². The van der Waals surface area contributed by atoms with Gasteiger partial charge in [-0.05, 0) is 30.2 Å². The van der Waals surface area contributed by atoms with Gasteiger partial charge in [-0.2, -0.15) is 0 Å². The first-order valence-corrected chi connectivity index (χ1v) is 11.1. The van der Waals surface area contributed by atoms with Crippen molar-refractivity contribution in [2.75, 3.05) is 73.1 Å². The Kier molecular flexibility index (Phi) is 8.12. The third kappa shape index (κ3) is 6.46. The van der Waals surface area contributed by atoms with Gasteiger partial charge >= 0.3 is 0 Å². The van der Waals surface area contributed by atoms with Crippen molar-refractivity contribution in [2.45, 2.75) is 12.8 Å². The lowest BCUT2D eigenvalue weighted by Crippen LogP contribution is -2.43. The van der Waals surface area contributed by atoms with Gasteiger partial charge in [0.05, 0.1) is 13.2 Å². The number of likely N-dealkylation sites (N-methyl/N-ethyl adjacent to an activating group) is 1. The Morgan fingerprint density at radius 2 is 2.18 bits per heavy atom. The largest absolute Gasteiger partial charge is 0.379 e. The van der Waals surface area contributed by atoms with E-state index in [1.165, 1.54) is 11.3 Å². The van der Waals surface area contributed by atoms with Gasteiger partial charge in [0.15, 0.2) is 5.96 Å². The number of morpholine rings is 1. The Balaban J connectivity index is 1.54. The number of aliphatic imine (C=N–C) groups is 1. The first kappa shape index (κ1) is 21.1. The zero-order valence-corrected chi connectivity index (χ0v) is 17.9. The molecule has 1 unspecified atom stereocenters. The molecule has 7 nitrogen and oxygen atoms in total. The van der Waals surface area contributed by atoms with Crippen LogP contribution in [-0.4, -0.2) is 99.7 Å². The molecule has 1 N–H and O–H groups in total. The van der Waals surface area contributed by atoms with Gasteiger partial charge in [0, 0.05) is 58.2 Å². The number of rotatable bonds is 7. The first-order valence-electron chi connectivity index (χ1n) is 10.2. The van der Waals surface area contributed by atoms with Crippen LogP contribution in [0.25, 0.3) is 0 Å². The Hall–Kier alpha value is -1.64. The van der Waals surface area contributed by atoms with Gasteiger partial charge in [-0.1, -0.05) is 6.07 Å². The zero-order valence-electron chi connectivity index (χ0n) is 17.1. The molecule has 3 rings (SSSR count). The molecule has 156 valence electrons. The summed E-state index contributed by atoms with van der Waals surface area (Å²) in [5.74, 6) is 1.55. The summed E-state index contributed by atoms with van der Waals surface area (Å²) >= 11 is 1.78. The number of guanidine groups is 1. The average molecular weight is 408 g/mol. The topological polar surface area (TPSA) is 60.4 Å². The van der Waals surface area contributed by atoms with Crippen molar-refractivity contribution in [2.24, 2.45) is 10.9 Å². The van der Waals surface area contributed by atoms with Crippen LogP contribution in [0.2, 0.25) is 0 Å². The molecule has 2 fully saturated rings. The Morgan fingerprint density at radius 1 is 1.36 bits per heavy atom. The Morgan fingerprint density at radius 3 is 2.89 bits per heavy atom. The normalized spacial score (nSPS) is 21.1. The Labute approximate surface area is 172 Å². The highest BCUT2D eigenvalue weighted by Gasteiger charge is 2.27. The van der Waals surface area contributed by atoms with Gasteiger partial charge in [0.2, 0.25) is 5.91 Å². The molecule has 3 heterocycles. The van der Waals surface area contributed by atoms with E-state index >= 15 is 0 Å². The predicted octanol–water partition coefficient (Wildman–Crippen LogP) is 0.979. The number of amides is 1. The monoisotopic (exact) mass is 407 g/mol. The molecule has 1 aromatic rings. The van der Waals surface area contributed by atoms with Gasteiger partial charge in [-0.15, -0.1) is 11.3 Å². The molecule has 1 atom stereocenters.